The zero-order valence-corrected chi connectivity index (χ0v) is 19.9. The largest absolute Gasteiger partial charge is 0.497 e. The molecule has 0 fully saturated rings. The van der Waals surface area contributed by atoms with Crippen molar-refractivity contribution in [2.45, 2.75) is 22.6 Å². The van der Waals surface area contributed by atoms with Gasteiger partial charge in [-0.1, -0.05) is 30.0 Å². The second-order valence-electron chi connectivity index (χ2n) is 6.97. The minimum atomic E-state index is -3.60. The molecule has 0 aliphatic carbocycles. The van der Waals surface area contributed by atoms with E-state index in [1.807, 2.05) is 42.5 Å². The Hall–Kier alpha value is -1.85. The smallest absolute Gasteiger partial charge is 0.264 e. The van der Waals surface area contributed by atoms with Crippen molar-refractivity contribution in [3.05, 3.63) is 53.6 Å². The van der Waals surface area contributed by atoms with Crippen LogP contribution >= 0.6 is 11.8 Å². The fraction of sp³-hybridized carbons (Fsp3) is 0.333. The second kappa shape index (κ2) is 9.74. The Morgan fingerprint density at radius 1 is 0.774 bits per heavy atom. The first-order valence-corrected chi connectivity index (χ1v) is 13.9. The highest BCUT2D eigenvalue weighted by Crippen LogP contribution is 2.47. The predicted molar refractivity (Wildman–Crippen MR) is 121 cm³/mol. The molecule has 0 amide bonds. The molecule has 2 aromatic rings. The quantitative estimate of drug-likeness (QED) is 0.496. The lowest BCUT2D eigenvalue weighted by Gasteiger charge is -2.17. The van der Waals surface area contributed by atoms with Gasteiger partial charge < -0.3 is 4.74 Å². The number of fused-ring (bicyclic) bond motifs is 2. The van der Waals surface area contributed by atoms with E-state index < -0.39 is 20.2 Å². The molecule has 0 saturated carbocycles. The van der Waals surface area contributed by atoms with Crippen LogP contribution in [-0.4, -0.2) is 49.7 Å². The minimum absolute atomic E-state index is 0.0249. The Morgan fingerprint density at radius 2 is 1.32 bits per heavy atom. The molecule has 1 aliphatic rings. The van der Waals surface area contributed by atoms with Crippen molar-refractivity contribution >= 4 is 43.1 Å². The van der Waals surface area contributed by atoms with Crippen LogP contribution in [0, 0.1) is 0 Å². The van der Waals surface area contributed by atoms with E-state index in [-0.39, 0.29) is 13.2 Å². The molecule has 0 saturated heterocycles. The molecule has 2 aromatic carbocycles. The van der Waals surface area contributed by atoms with Gasteiger partial charge >= 0.3 is 0 Å². The van der Waals surface area contributed by atoms with Gasteiger partial charge in [-0.25, -0.2) is 0 Å². The molecule has 1 heterocycles. The normalized spacial score (nSPS) is 14.0. The number of hydrogen-bond donors (Lipinski definition) is 0. The Bertz CT molecular complexity index is 1200. The van der Waals surface area contributed by atoms with E-state index in [4.69, 9.17) is 13.1 Å². The van der Waals surface area contributed by atoms with Crippen LogP contribution in [0.1, 0.15) is 24.0 Å². The molecule has 1 aliphatic heterocycles. The van der Waals surface area contributed by atoms with Gasteiger partial charge in [0.05, 0.1) is 32.8 Å². The van der Waals surface area contributed by atoms with Crippen LogP contribution in [0.25, 0.3) is 11.1 Å². The Kier molecular flexibility index (Phi) is 7.48. The SMILES string of the molecule is COc1ccc2c(c1)C(CCOS(C)(=O)=O)=C(CCOS(C)(=O)=O)c1ccccc1S2. The maximum absolute atomic E-state index is 11.5. The van der Waals surface area contributed by atoms with Crippen molar-refractivity contribution < 1.29 is 29.9 Å². The van der Waals surface area contributed by atoms with E-state index in [0.717, 1.165) is 44.6 Å². The summed E-state index contributed by atoms with van der Waals surface area (Å²) in [6.45, 7) is -0.0585. The first-order valence-electron chi connectivity index (χ1n) is 9.44. The average molecular weight is 485 g/mol. The first-order chi connectivity index (χ1) is 14.6. The maximum atomic E-state index is 11.5. The summed E-state index contributed by atoms with van der Waals surface area (Å²) < 4.78 is 61.4. The molecular formula is C21H24O7S3. The minimum Gasteiger partial charge on any atom is -0.497 e. The number of methoxy groups -OCH3 is 1. The van der Waals surface area contributed by atoms with Crippen molar-refractivity contribution in [3.8, 4) is 5.75 Å². The lowest BCUT2D eigenvalue weighted by atomic mass is 9.90. The molecule has 0 aromatic heterocycles. The third-order valence-electron chi connectivity index (χ3n) is 4.61. The summed E-state index contributed by atoms with van der Waals surface area (Å²) in [7, 11) is -5.60. The molecule has 7 nitrogen and oxygen atoms in total. The van der Waals surface area contributed by atoms with Crippen LogP contribution in [0.2, 0.25) is 0 Å². The van der Waals surface area contributed by atoms with Crippen LogP contribution in [0.3, 0.4) is 0 Å². The molecule has 168 valence electrons. The summed E-state index contributed by atoms with van der Waals surface area (Å²) in [5, 5.41) is 0. The zero-order chi connectivity index (χ0) is 22.6. The van der Waals surface area contributed by atoms with Gasteiger partial charge in [0.1, 0.15) is 5.75 Å². The molecular weight excluding hydrogens is 460 g/mol. The molecule has 0 radical (unpaired) electrons. The summed E-state index contributed by atoms with van der Waals surface area (Å²) in [6.07, 6.45) is 2.67. The number of benzene rings is 2. The van der Waals surface area contributed by atoms with Gasteiger partial charge in [0, 0.05) is 9.79 Å². The van der Waals surface area contributed by atoms with E-state index in [1.165, 1.54) is 0 Å². The van der Waals surface area contributed by atoms with Crippen molar-refractivity contribution in [2.75, 3.05) is 32.8 Å². The first kappa shape index (κ1) is 23.8. The molecule has 10 heteroatoms. The summed E-state index contributed by atoms with van der Waals surface area (Å²) in [4.78, 5) is 2.00. The van der Waals surface area contributed by atoms with Gasteiger partial charge in [-0.2, -0.15) is 16.8 Å². The Morgan fingerprint density at radius 3 is 1.90 bits per heavy atom. The van der Waals surface area contributed by atoms with Gasteiger partial charge in [-0.05, 0) is 59.4 Å². The van der Waals surface area contributed by atoms with Crippen LogP contribution < -0.4 is 4.74 Å². The summed E-state index contributed by atoms with van der Waals surface area (Å²) in [6, 6.07) is 13.6. The van der Waals surface area contributed by atoms with Gasteiger partial charge in [0.25, 0.3) is 20.2 Å². The third-order valence-corrected chi connectivity index (χ3v) is 6.95. The topological polar surface area (TPSA) is 96.0 Å². The van der Waals surface area contributed by atoms with Crippen LogP contribution in [0.5, 0.6) is 5.75 Å². The zero-order valence-electron chi connectivity index (χ0n) is 17.5. The molecule has 0 unspecified atom stereocenters. The van der Waals surface area contributed by atoms with Gasteiger partial charge in [0.2, 0.25) is 0 Å². The fourth-order valence-corrected chi connectivity index (χ4v) is 5.26. The highest BCUT2D eigenvalue weighted by molar-refractivity contribution is 7.99. The predicted octanol–water partition coefficient (Wildman–Crippen LogP) is 3.80. The monoisotopic (exact) mass is 484 g/mol. The van der Waals surface area contributed by atoms with E-state index >= 15 is 0 Å². The molecule has 0 bridgehead atoms. The lowest BCUT2D eigenvalue weighted by Crippen LogP contribution is -2.08. The second-order valence-corrected chi connectivity index (χ2v) is 11.3. The molecule has 0 atom stereocenters. The molecule has 31 heavy (non-hydrogen) atoms. The van der Waals surface area contributed by atoms with Gasteiger partial charge in [-0.15, -0.1) is 0 Å². The van der Waals surface area contributed by atoms with Crippen LogP contribution in [0.4, 0.5) is 0 Å². The Balaban J connectivity index is 2.13. The summed E-state index contributed by atoms with van der Waals surface area (Å²) >= 11 is 1.59. The number of hydrogen-bond acceptors (Lipinski definition) is 8. The van der Waals surface area contributed by atoms with E-state index in [1.54, 1.807) is 18.9 Å². The molecule has 0 spiro atoms. The van der Waals surface area contributed by atoms with Gasteiger partial charge in [0.15, 0.2) is 0 Å². The summed E-state index contributed by atoms with van der Waals surface area (Å²) in [5.74, 6) is 0.665. The van der Waals surface area contributed by atoms with Crippen molar-refractivity contribution in [1.82, 2.24) is 0 Å². The van der Waals surface area contributed by atoms with E-state index in [0.29, 0.717) is 18.6 Å². The fourth-order valence-electron chi connectivity index (χ4n) is 3.37. The standard InChI is InChI=1S/C21H24O7S3/c1-26-15-8-9-21-19(14-15)17(11-13-28-31(3,24)25)16(10-12-27-30(2,22)23)18-6-4-5-7-20(18)29-21/h4-9,14H,10-13H2,1-3H3. The highest BCUT2D eigenvalue weighted by atomic mass is 32.2. The maximum Gasteiger partial charge on any atom is 0.264 e. The van der Waals surface area contributed by atoms with Crippen molar-refractivity contribution in [1.29, 1.82) is 0 Å². The third kappa shape index (κ3) is 6.56. The number of rotatable bonds is 9. The summed E-state index contributed by atoms with van der Waals surface area (Å²) in [5.41, 5.74) is 3.60. The Labute approximate surface area is 187 Å². The molecule has 0 N–H and O–H groups in total. The highest BCUT2D eigenvalue weighted by Gasteiger charge is 2.23. The van der Waals surface area contributed by atoms with E-state index in [2.05, 4.69) is 0 Å². The van der Waals surface area contributed by atoms with Crippen LogP contribution in [-0.2, 0) is 28.6 Å². The number of ether oxygens (including phenoxy) is 1. The van der Waals surface area contributed by atoms with Crippen LogP contribution in [0.15, 0.2) is 52.3 Å². The van der Waals surface area contributed by atoms with Gasteiger partial charge in [-0.3, -0.25) is 8.37 Å². The van der Waals surface area contributed by atoms with Crippen molar-refractivity contribution in [3.63, 3.8) is 0 Å². The lowest BCUT2D eigenvalue weighted by molar-refractivity contribution is 0.327. The molecule has 3 rings (SSSR count). The average Bonchev–Trinajstić information content (AvgIpc) is 2.81. The van der Waals surface area contributed by atoms with E-state index in [9.17, 15) is 16.8 Å². The van der Waals surface area contributed by atoms with Crippen molar-refractivity contribution in [2.24, 2.45) is 0 Å².